The van der Waals surface area contributed by atoms with Crippen molar-refractivity contribution in [1.29, 1.82) is 0 Å². The van der Waals surface area contributed by atoms with Crippen molar-refractivity contribution in [3.8, 4) is 0 Å². The predicted molar refractivity (Wildman–Crippen MR) is 140 cm³/mol. The summed E-state index contributed by atoms with van der Waals surface area (Å²) in [5, 5.41) is 24.7. The van der Waals surface area contributed by atoms with Crippen molar-refractivity contribution in [2.24, 2.45) is 46.3 Å². The van der Waals surface area contributed by atoms with Gasteiger partial charge in [0.15, 0.2) is 0 Å². The van der Waals surface area contributed by atoms with E-state index in [9.17, 15) is 19.8 Å². The summed E-state index contributed by atoms with van der Waals surface area (Å²) in [5.41, 5.74) is 0.485. The molecule has 0 saturated heterocycles. The normalized spacial score (nSPS) is 43.5. The van der Waals surface area contributed by atoms with Gasteiger partial charge in [-0.25, -0.2) is 0 Å². The number of fused-ring (bicyclic) bond motifs is 5. The summed E-state index contributed by atoms with van der Waals surface area (Å²) in [4.78, 5) is 24.3. The first kappa shape index (κ1) is 27.9. The number of hydrogen-bond acceptors (Lipinski definition) is 5. The molecule has 36 heavy (non-hydrogen) atoms. The van der Waals surface area contributed by atoms with E-state index >= 15 is 0 Å². The lowest BCUT2D eigenvalue weighted by molar-refractivity contribution is -0.174. The molecule has 0 aromatic heterocycles. The van der Waals surface area contributed by atoms with E-state index in [2.05, 4.69) is 26.1 Å². The zero-order valence-electron chi connectivity index (χ0n) is 23.3. The first-order valence-corrected chi connectivity index (χ1v) is 14.8. The van der Waals surface area contributed by atoms with Crippen molar-refractivity contribution in [1.82, 2.24) is 5.32 Å². The van der Waals surface area contributed by atoms with Gasteiger partial charge in [0, 0.05) is 12.5 Å². The van der Waals surface area contributed by atoms with Crippen LogP contribution in [0.4, 0.5) is 0 Å². The van der Waals surface area contributed by atoms with Crippen molar-refractivity contribution in [3.05, 3.63) is 0 Å². The van der Waals surface area contributed by atoms with Crippen LogP contribution < -0.4 is 5.32 Å². The molecule has 0 heterocycles. The van der Waals surface area contributed by atoms with Crippen LogP contribution in [0.25, 0.3) is 0 Å². The smallest absolute Gasteiger partial charge is 0.307 e. The summed E-state index contributed by atoms with van der Waals surface area (Å²) in [6.45, 7) is 11.3. The highest BCUT2D eigenvalue weighted by molar-refractivity contribution is 5.77. The molecular weight excluding hydrogens is 454 g/mol. The molecule has 3 N–H and O–H groups in total. The van der Waals surface area contributed by atoms with E-state index in [-0.39, 0.29) is 47.4 Å². The number of esters is 1. The van der Waals surface area contributed by atoms with Gasteiger partial charge in [-0.15, -0.1) is 0 Å². The summed E-state index contributed by atoms with van der Waals surface area (Å²) in [5.74, 6) is 2.74. The monoisotopic (exact) mass is 505 g/mol. The maximum atomic E-state index is 12.6. The number of carbonyl (C=O) groups is 2. The van der Waals surface area contributed by atoms with Crippen LogP contribution in [0, 0.1) is 46.3 Å². The van der Waals surface area contributed by atoms with Gasteiger partial charge in [-0.1, -0.05) is 20.8 Å². The van der Waals surface area contributed by atoms with Crippen LogP contribution in [0.2, 0.25) is 0 Å². The number of ether oxygens (including phenoxy) is 1. The lowest BCUT2D eigenvalue weighted by atomic mass is 9.43. The number of rotatable bonds is 8. The van der Waals surface area contributed by atoms with Crippen molar-refractivity contribution in [2.45, 2.75) is 123 Å². The molecule has 11 atom stereocenters. The van der Waals surface area contributed by atoms with E-state index in [4.69, 9.17) is 4.74 Å². The molecule has 0 aromatic rings. The zero-order chi connectivity index (χ0) is 26.3. The molecule has 0 spiro atoms. The standard InChI is InChI=1S/C30H51NO5/c1-6-36-27(35)15-19(3)31-26(34)10-7-18(2)22-8-9-23-28-24(12-14-30(22,23)5)29(4)13-11-21(32)16-20(29)17-25(28)33/h18-25,28,32-33H,6-17H2,1-5H3,(H,31,34)/t18?,19?,20-,21+,22?,23?,24?,25-,28?,29-,30+/m0/s1. The molecule has 4 fully saturated rings. The average Bonchev–Trinajstić information content (AvgIpc) is 3.16. The lowest BCUT2D eigenvalue weighted by Gasteiger charge is -2.62. The molecule has 6 unspecified atom stereocenters. The molecule has 1 amide bonds. The third-order valence-corrected chi connectivity index (χ3v) is 11.4. The van der Waals surface area contributed by atoms with Crippen LogP contribution in [0.5, 0.6) is 0 Å². The lowest BCUT2D eigenvalue weighted by Crippen LogP contribution is -2.58. The molecule has 0 bridgehead atoms. The minimum absolute atomic E-state index is 0.0169. The quantitative estimate of drug-likeness (QED) is 0.410. The Kier molecular flexibility index (Phi) is 8.46. The Balaban J connectivity index is 1.35. The van der Waals surface area contributed by atoms with E-state index in [0.29, 0.717) is 48.5 Å². The second-order valence-corrected chi connectivity index (χ2v) is 13.4. The Morgan fingerprint density at radius 1 is 1.00 bits per heavy atom. The van der Waals surface area contributed by atoms with Crippen LogP contribution in [0.1, 0.15) is 105 Å². The highest BCUT2D eigenvalue weighted by Crippen LogP contribution is 2.68. The van der Waals surface area contributed by atoms with Gasteiger partial charge < -0.3 is 20.3 Å². The summed E-state index contributed by atoms with van der Waals surface area (Å²) in [7, 11) is 0. The van der Waals surface area contributed by atoms with E-state index in [1.54, 1.807) is 6.92 Å². The number of carbonyl (C=O) groups excluding carboxylic acids is 2. The second kappa shape index (κ2) is 10.9. The van der Waals surface area contributed by atoms with Gasteiger partial charge in [-0.05, 0) is 118 Å². The molecule has 6 nitrogen and oxygen atoms in total. The molecule has 4 rings (SSSR count). The van der Waals surface area contributed by atoms with Crippen molar-refractivity contribution in [3.63, 3.8) is 0 Å². The van der Waals surface area contributed by atoms with Crippen LogP contribution in [0.3, 0.4) is 0 Å². The molecule has 206 valence electrons. The van der Waals surface area contributed by atoms with Gasteiger partial charge in [0.2, 0.25) is 5.91 Å². The first-order valence-electron chi connectivity index (χ1n) is 14.8. The number of aliphatic hydroxyl groups excluding tert-OH is 2. The SMILES string of the molecule is CCOC(=O)CC(C)NC(=O)CCC(C)C1CCC2C3C(CC[C@]12C)[C@@]1(C)CC[C@@H](O)C[C@H]1C[C@@H]3O. The van der Waals surface area contributed by atoms with E-state index in [1.807, 2.05) is 6.92 Å². The minimum atomic E-state index is -0.270. The van der Waals surface area contributed by atoms with Gasteiger partial charge >= 0.3 is 5.97 Å². The van der Waals surface area contributed by atoms with Crippen molar-refractivity contribution in [2.75, 3.05) is 6.61 Å². The maximum Gasteiger partial charge on any atom is 0.307 e. The van der Waals surface area contributed by atoms with Gasteiger partial charge in [0.25, 0.3) is 0 Å². The maximum absolute atomic E-state index is 12.6. The Hall–Kier alpha value is -1.14. The summed E-state index contributed by atoms with van der Waals surface area (Å²) in [6, 6.07) is -0.214. The minimum Gasteiger partial charge on any atom is -0.466 e. The van der Waals surface area contributed by atoms with Crippen LogP contribution in [-0.4, -0.2) is 46.9 Å². The van der Waals surface area contributed by atoms with E-state index < -0.39 is 0 Å². The number of hydrogen-bond donors (Lipinski definition) is 3. The van der Waals surface area contributed by atoms with Crippen LogP contribution >= 0.6 is 0 Å². The third-order valence-electron chi connectivity index (χ3n) is 11.4. The highest BCUT2D eigenvalue weighted by atomic mass is 16.5. The predicted octanol–water partition coefficient (Wildman–Crippen LogP) is 4.85. The van der Waals surface area contributed by atoms with Gasteiger partial charge in [-0.3, -0.25) is 9.59 Å². The Morgan fingerprint density at radius 2 is 1.69 bits per heavy atom. The van der Waals surface area contributed by atoms with Gasteiger partial charge in [0.1, 0.15) is 0 Å². The molecular formula is C30H51NO5. The Morgan fingerprint density at radius 3 is 2.42 bits per heavy atom. The molecule has 4 aliphatic rings. The number of amides is 1. The number of aliphatic hydroxyl groups is 2. The fourth-order valence-corrected chi connectivity index (χ4v) is 9.60. The van der Waals surface area contributed by atoms with Crippen molar-refractivity contribution < 1.29 is 24.5 Å². The largest absolute Gasteiger partial charge is 0.466 e. The van der Waals surface area contributed by atoms with Gasteiger partial charge in [0.05, 0.1) is 25.2 Å². The Bertz CT molecular complexity index is 802. The fraction of sp³-hybridized carbons (Fsp3) is 0.933. The highest BCUT2D eigenvalue weighted by Gasteiger charge is 2.62. The molecule has 0 radical (unpaired) electrons. The van der Waals surface area contributed by atoms with Gasteiger partial charge in [-0.2, -0.15) is 0 Å². The fourth-order valence-electron chi connectivity index (χ4n) is 9.60. The average molecular weight is 506 g/mol. The summed E-state index contributed by atoms with van der Waals surface area (Å²) >= 11 is 0. The summed E-state index contributed by atoms with van der Waals surface area (Å²) in [6.07, 6.45) is 9.63. The van der Waals surface area contributed by atoms with E-state index in [1.165, 1.54) is 25.7 Å². The Labute approximate surface area is 218 Å². The van der Waals surface area contributed by atoms with Crippen molar-refractivity contribution >= 4 is 11.9 Å². The zero-order valence-corrected chi connectivity index (χ0v) is 23.3. The molecule has 6 heteroatoms. The third kappa shape index (κ3) is 5.23. The summed E-state index contributed by atoms with van der Waals surface area (Å²) < 4.78 is 4.99. The second-order valence-electron chi connectivity index (χ2n) is 13.4. The molecule has 0 aliphatic heterocycles. The topological polar surface area (TPSA) is 95.9 Å². The number of nitrogens with one attached hydrogen (secondary N) is 1. The molecule has 4 saturated carbocycles. The van der Waals surface area contributed by atoms with E-state index in [0.717, 1.165) is 32.1 Å². The molecule has 4 aliphatic carbocycles. The van der Waals surface area contributed by atoms with Crippen LogP contribution in [-0.2, 0) is 14.3 Å². The molecule has 0 aromatic carbocycles. The first-order chi connectivity index (χ1) is 17.0. The van der Waals surface area contributed by atoms with Crippen LogP contribution in [0.15, 0.2) is 0 Å².